The van der Waals surface area contributed by atoms with Gasteiger partial charge < -0.3 is 15.0 Å². The Kier molecular flexibility index (Phi) is 6.69. The number of halogens is 2. The van der Waals surface area contributed by atoms with Crippen LogP contribution in [0.25, 0.3) is 5.69 Å². The van der Waals surface area contributed by atoms with Crippen LogP contribution in [-0.2, 0) is 0 Å². The van der Waals surface area contributed by atoms with Gasteiger partial charge in [-0.15, -0.1) is 0 Å². The number of aliphatic imine (C=N–C) groups is 2. The molecule has 0 unspecified atom stereocenters. The topological polar surface area (TPSA) is 67.0 Å². The highest BCUT2D eigenvalue weighted by Crippen LogP contribution is 2.48. The van der Waals surface area contributed by atoms with E-state index < -0.39 is 0 Å². The Bertz CT molecular complexity index is 1860. The van der Waals surface area contributed by atoms with E-state index in [9.17, 15) is 0 Å². The van der Waals surface area contributed by atoms with Gasteiger partial charge in [0.1, 0.15) is 5.75 Å². The normalized spacial score (nSPS) is 15.2. The van der Waals surface area contributed by atoms with Gasteiger partial charge in [0.25, 0.3) is 0 Å². The van der Waals surface area contributed by atoms with E-state index in [-0.39, 0.29) is 6.04 Å². The number of amidine groups is 2. The molecule has 0 saturated heterocycles. The largest absolute Gasteiger partial charge is 0.494 e. The van der Waals surface area contributed by atoms with Crippen molar-refractivity contribution in [1.82, 2.24) is 9.78 Å². The van der Waals surface area contributed by atoms with Crippen molar-refractivity contribution in [2.75, 3.05) is 16.8 Å². The second-order valence-electron chi connectivity index (χ2n) is 9.98. The number of fused-ring (bicyclic) bond motifs is 4. The molecule has 3 heterocycles. The second-order valence-corrected chi connectivity index (χ2v) is 10.8. The Balaban J connectivity index is 1.46. The number of anilines is 2. The molecule has 0 bridgehead atoms. The number of nitrogens with one attached hydrogen (secondary N) is 1. The van der Waals surface area contributed by atoms with Crippen molar-refractivity contribution in [3.63, 3.8) is 0 Å². The van der Waals surface area contributed by atoms with Crippen molar-refractivity contribution < 1.29 is 4.74 Å². The van der Waals surface area contributed by atoms with Crippen molar-refractivity contribution in [2.24, 2.45) is 9.98 Å². The number of aryl methyl sites for hydroxylation is 1. The van der Waals surface area contributed by atoms with Gasteiger partial charge in [0.05, 0.1) is 45.5 Å². The fourth-order valence-electron chi connectivity index (χ4n) is 5.48. The molecule has 7 nitrogen and oxygen atoms in total. The Morgan fingerprint density at radius 1 is 0.857 bits per heavy atom. The number of nitrogens with zero attached hydrogens (tertiary/aromatic N) is 5. The molecular formula is C33H26Cl2N6O. The van der Waals surface area contributed by atoms with E-state index in [1.54, 1.807) is 0 Å². The van der Waals surface area contributed by atoms with Gasteiger partial charge in [0.2, 0.25) is 0 Å². The van der Waals surface area contributed by atoms with Gasteiger partial charge in [-0.1, -0.05) is 59.6 Å². The smallest absolute Gasteiger partial charge is 0.179 e. The zero-order valence-electron chi connectivity index (χ0n) is 22.9. The van der Waals surface area contributed by atoms with Crippen LogP contribution in [0.5, 0.6) is 5.75 Å². The molecule has 0 aliphatic carbocycles. The van der Waals surface area contributed by atoms with Gasteiger partial charge in [-0.2, -0.15) is 5.10 Å². The number of benzene rings is 4. The van der Waals surface area contributed by atoms with Crippen LogP contribution in [0.1, 0.15) is 29.8 Å². The minimum absolute atomic E-state index is 0.298. The number of hydrogen-bond acceptors (Lipinski definition) is 6. The molecule has 1 atom stereocenters. The lowest BCUT2D eigenvalue weighted by atomic mass is 9.93. The van der Waals surface area contributed by atoms with Crippen molar-refractivity contribution in [1.29, 1.82) is 0 Å². The van der Waals surface area contributed by atoms with Gasteiger partial charge in [0.15, 0.2) is 17.5 Å². The SMILES string of the molecule is CCOc1ccc(NC2=Nc3ccccc3N3C2=Nc2c(c(C)nn2-c2ccccc2)[C@H]3c2ccc(Cl)c(Cl)c2)cc1. The van der Waals surface area contributed by atoms with Crippen LogP contribution in [-0.4, -0.2) is 28.1 Å². The van der Waals surface area contributed by atoms with E-state index in [4.69, 9.17) is 43.0 Å². The summed E-state index contributed by atoms with van der Waals surface area (Å²) in [5.74, 6) is 2.83. The lowest BCUT2D eigenvalue weighted by Gasteiger charge is -2.40. The highest BCUT2D eigenvalue weighted by Gasteiger charge is 2.41. The number of rotatable bonds is 5. The van der Waals surface area contributed by atoms with E-state index in [1.165, 1.54) is 0 Å². The fraction of sp³-hybridized carbons (Fsp3) is 0.121. The average Bonchev–Trinajstić information content (AvgIpc) is 3.35. The molecule has 1 aromatic heterocycles. The summed E-state index contributed by atoms with van der Waals surface area (Å²) in [6.45, 7) is 4.60. The monoisotopic (exact) mass is 592 g/mol. The van der Waals surface area contributed by atoms with Gasteiger partial charge in [-0.25, -0.2) is 14.7 Å². The maximum Gasteiger partial charge on any atom is 0.179 e. The van der Waals surface area contributed by atoms with Gasteiger partial charge in [0, 0.05) is 11.3 Å². The molecule has 5 aromatic rings. The lowest BCUT2D eigenvalue weighted by molar-refractivity contribution is 0.340. The first-order valence-corrected chi connectivity index (χ1v) is 14.4. The third-order valence-electron chi connectivity index (χ3n) is 7.33. The zero-order valence-corrected chi connectivity index (χ0v) is 24.4. The van der Waals surface area contributed by atoms with Crippen LogP contribution in [0, 0.1) is 6.92 Å². The summed E-state index contributed by atoms with van der Waals surface area (Å²) in [6.07, 6.45) is 0. The zero-order chi connectivity index (χ0) is 28.8. The molecule has 1 N–H and O–H groups in total. The molecule has 208 valence electrons. The molecule has 0 saturated carbocycles. The predicted molar refractivity (Wildman–Crippen MR) is 171 cm³/mol. The fourth-order valence-corrected chi connectivity index (χ4v) is 5.79. The van der Waals surface area contributed by atoms with Crippen LogP contribution in [0.15, 0.2) is 107 Å². The first kappa shape index (κ1) is 26.3. The van der Waals surface area contributed by atoms with Gasteiger partial charge in [-0.3, -0.25) is 0 Å². The third kappa shape index (κ3) is 4.51. The highest BCUT2D eigenvalue weighted by atomic mass is 35.5. The Hall–Kier alpha value is -4.59. The molecule has 0 fully saturated rings. The van der Waals surface area contributed by atoms with Crippen LogP contribution < -0.4 is 15.0 Å². The highest BCUT2D eigenvalue weighted by molar-refractivity contribution is 6.51. The molecule has 0 spiro atoms. The van der Waals surface area contributed by atoms with Crippen LogP contribution in [0.2, 0.25) is 10.0 Å². The first-order valence-electron chi connectivity index (χ1n) is 13.7. The molecule has 4 aromatic carbocycles. The number of aromatic nitrogens is 2. The minimum Gasteiger partial charge on any atom is -0.494 e. The first-order chi connectivity index (χ1) is 20.5. The molecule has 2 aliphatic heterocycles. The minimum atomic E-state index is -0.298. The molecule has 42 heavy (non-hydrogen) atoms. The molecular weight excluding hydrogens is 567 g/mol. The second kappa shape index (κ2) is 10.7. The van der Waals surface area contributed by atoms with Gasteiger partial charge in [-0.05, 0) is 80.1 Å². The molecule has 7 rings (SSSR count). The van der Waals surface area contributed by atoms with Crippen LogP contribution >= 0.6 is 23.2 Å². The average molecular weight is 594 g/mol. The van der Waals surface area contributed by atoms with E-state index >= 15 is 0 Å². The summed E-state index contributed by atoms with van der Waals surface area (Å²) >= 11 is 13.0. The Labute approximate surface area is 253 Å². The van der Waals surface area contributed by atoms with E-state index in [2.05, 4.69) is 16.3 Å². The molecule has 0 radical (unpaired) electrons. The van der Waals surface area contributed by atoms with Crippen LogP contribution in [0.3, 0.4) is 0 Å². The van der Waals surface area contributed by atoms with Crippen LogP contribution in [0.4, 0.5) is 22.9 Å². The Morgan fingerprint density at radius 2 is 1.62 bits per heavy atom. The molecule has 0 amide bonds. The number of ether oxygens (including phenoxy) is 1. The predicted octanol–water partition coefficient (Wildman–Crippen LogP) is 8.68. The summed E-state index contributed by atoms with van der Waals surface area (Å²) in [4.78, 5) is 12.5. The molecule has 9 heteroatoms. The quantitative estimate of drug-likeness (QED) is 0.221. The maximum atomic E-state index is 6.60. The Morgan fingerprint density at radius 3 is 2.38 bits per heavy atom. The lowest BCUT2D eigenvalue weighted by Crippen LogP contribution is -2.46. The van der Waals surface area contributed by atoms with E-state index in [0.29, 0.717) is 28.3 Å². The number of para-hydroxylation sites is 3. The summed E-state index contributed by atoms with van der Waals surface area (Å²) in [6, 6.07) is 31.4. The number of hydrogen-bond donors (Lipinski definition) is 1. The summed E-state index contributed by atoms with van der Waals surface area (Å²) in [7, 11) is 0. The van der Waals surface area contributed by atoms with E-state index in [1.807, 2.05) is 110 Å². The van der Waals surface area contributed by atoms with Crippen molar-refractivity contribution in [2.45, 2.75) is 19.9 Å². The standard InChI is InChI=1S/C33H26Cl2N6O/c1-3-42-24-16-14-22(15-17-24)36-31-33-38-32-29(20(2)39-41(32)23-9-5-4-6-10-23)30(21-13-18-25(34)26(35)19-21)40(33)28-12-8-7-11-27(28)37-31/h4-19,30H,3H2,1-2H3,(H,36,37)/t30-/m1/s1. The van der Waals surface area contributed by atoms with Crippen molar-refractivity contribution in [3.05, 3.63) is 124 Å². The van der Waals surface area contributed by atoms with Crippen molar-refractivity contribution >= 4 is 57.8 Å². The van der Waals surface area contributed by atoms with Gasteiger partial charge >= 0.3 is 0 Å². The third-order valence-corrected chi connectivity index (χ3v) is 8.07. The summed E-state index contributed by atoms with van der Waals surface area (Å²) in [5.41, 5.74) is 6.36. The van der Waals surface area contributed by atoms with E-state index in [0.717, 1.165) is 51.1 Å². The summed E-state index contributed by atoms with van der Waals surface area (Å²) < 4.78 is 7.54. The maximum absolute atomic E-state index is 6.60. The molecule has 2 aliphatic rings. The summed E-state index contributed by atoms with van der Waals surface area (Å²) in [5, 5.41) is 9.49. The van der Waals surface area contributed by atoms with Crippen molar-refractivity contribution in [3.8, 4) is 11.4 Å².